The van der Waals surface area contributed by atoms with E-state index in [-0.39, 0.29) is 0 Å². The van der Waals surface area contributed by atoms with E-state index in [1.807, 2.05) is 0 Å². The van der Waals surface area contributed by atoms with Gasteiger partial charge in [-0.2, -0.15) is 0 Å². The molecule has 0 heterocycles. The molecule has 0 nitrogen and oxygen atoms in total. The molecule has 6 aromatic rings. The van der Waals surface area contributed by atoms with Crippen LogP contribution in [0.4, 0.5) is 0 Å². The molecule has 3 heteroatoms. The van der Waals surface area contributed by atoms with Gasteiger partial charge >= 0.3 is 242 Å². The molecule has 0 N–H and O–H groups in total. The average molecular weight is 719 g/mol. The summed E-state index contributed by atoms with van der Waals surface area (Å²) in [6.45, 7) is 0. The molecule has 0 aromatic heterocycles. The number of hydrogen-bond acceptors (Lipinski definition) is 0. The van der Waals surface area contributed by atoms with Crippen molar-refractivity contribution < 1.29 is 16.7 Å². The standard InChI is InChI=1S/2C18H15P.Ir/c2*1-4-10-16(11-5-1)19(17-12-6-2-7-13-17)18-14-8-3-9-15-18;/h2*1-15H;/q;;-2/p+2. The maximum atomic E-state index is 2.41. The first-order valence-electron chi connectivity index (χ1n) is 13.3. The Hall–Kier alpha value is -3.17. The molecule has 0 bridgehead atoms. The van der Waals surface area contributed by atoms with Gasteiger partial charge < -0.3 is 0 Å². The van der Waals surface area contributed by atoms with Gasteiger partial charge in [-0.05, 0) is 0 Å². The van der Waals surface area contributed by atoms with E-state index in [1.54, 1.807) is 0 Å². The van der Waals surface area contributed by atoms with Gasteiger partial charge in [-0.25, -0.2) is 0 Å². The minimum absolute atomic E-state index is 0.688. The molecule has 0 aliphatic carbocycles. The fourth-order valence-corrected chi connectivity index (χ4v) is 53.0. The molecular weight excluding hydrogens is 687 g/mol. The zero-order valence-corrected chi connectivity index (χ0v) is 26.0. The van der Waals surface area contributed by atoms with Gasteiger partial charge in [0.2, 0.25) is 0 Å². The molecule has 39 heavy (non-hydrogen) atoms. The van der Waals surface area contributed by atoms with Gasteiger partial charge in [0, 0.05) is 0 Å². The zero-order chi connectivity index (χ0) is 26.4. The summed E-state index contributed by atoms with van der Waals surface area (Å²) in [7, 11) is 0. The first-order valence-corrected chi connectivity index (χ1v) is 24.1. The summed E-state index contributed by atoms with van der Waals surface area (Å²) in [5, 5.41) is 9.09. The molecular formula is C36H32IrP2. The molecule has 195 valence electrons. The third-order valence-electron chi connectivity index (χ3n) is 7.20. The summed E-state index contributed by atoms with van der Waals surface area (Å²) < 4.78 is 0. The van der Waals surface area contributed by atoms with Gasteiger partial charge in [-0.3, -0.25) is 0 Å². The maximum absolute atomic E-state index is 2.42. The van der Waals surface area contributed by atoms with E-state index in [0.717, 1.165) is 0 Å². The van der Waals surface area contributed by atoms with Crippen molar-refractivity contribution in [3.63, 3.8) is 0 Å². The molecule has 0 fully saturated rings. The van der Waals surface area contributed by atoms with Crippen LogP contribution in [0, 0.1) is 0 Å². The van der Waals surface area contributed by atoms with Gasteiger partial charge in [0.25, 0.3) is 0 Å². The van der Waals surface area contributed by atoms with Crippen molar-refractivity contribution in [3.8, 4) is 0 Å². The van der Waals surface area contributed by atoms with E-state index < -0.39 is 27.7 Å². The second-order valence-electron chi connectivity index (χ2n) is 9.53. The van der Waals surface area contributed by atoms with E-state index in [4.69, 9.17) is 0 Å². The normalized spacial score (nSPS) is 12.6. The van der Waals surface area contributed by atoms with Crippen LogP contribution in [-0.2, 0) is 16.7 Å². The molecule has 6 rings (SSSR count). The molecule has 0 unspecified atom stereocenters. The summed E-state index contributed by atoms with van der Waals surface area (Å²) in [6, 6.07) is 68.8. The summed E-state index contributed by atoms with van der Waals surface area (Å²) in [5.74, 6) is 0. The fraction of sp³-hybridized carbons (Fsp3) is 0. The quantitative estimate of drug-likeness (QED) is 0.161. The SMILES string of the molecule is c1ccc([PH]([Ir][PH](c2ccccc2)(c2ccccc2)c2ccccc2)(c2ccccc2)c2ccccc2)cc1. The van der Waals surface area contributed by atoms with Crippen LogP contribution in [0.25, 0.3) is 0 Å². The van der Waals surface area contributed by atoms with E-state index in [0.29, 0.717) is 0 Å². The molecule has 0 aliphatic rings. The molecule has 0 aliphatic heterocycles. The number of rotatable bonds is 8. The van der Waals surface area contributed by atoms with Crippen molar-refractivity contribution >= 4 is 42.8 Å². The Morgan fingerprint density at radius 2 is 0.385 bits per heavy atom. The van der Waals surface area contributed by atoms with Crippen LogP contribution in [0.15, 0.2) is 182 Å². The molecule has 6 aromatic carbocycles. The molecule has 0 saturated heterocycles. The van der Waals surface area contributed by atoms with E-state index >= 15 is 0 Å². The van der Waals surface area contributed by atoms with Crippen molar-refractivity contribution in [2.75, 3.05) is 0 Å². The molecule has 0 saturated carbocycles. The summed E-state index contributed by atoms with van der Waals surface area (Å²) in [6.07, 6.45) is 0. The predicted molar refractivity (Wildman–Crippen MR) is 173 cm³/mol. The third kappa shape index (κ3) is 4.98. The Balaban J connectivity index is 1.76. The Morgan fingerprint density at radius 1 is 0.231 bits per heavy atom. The van der Waals surface area contributed by atoms with Gasteiger partial charge in [0.1, 0.15) is 0 Å². The Kier molecular flexibility index (Phi) is 7.97. The first kappa shape index (κ1) is 26.1. The molecule has 0 amide bonds. The van der Waals surface area contributed by atoms with Crippen molar-refractivity contribution in [2.24, 2.45) is 0 Å². The van der Waals surface area contributed by atoms with Gasteiger partial charge in [0.05, 0.1) is 0 Å². The second-order valence-corrected chi connectivity index (χ2v) is 32.3. The minimum atomic E-state index is -2.42. The van der Waals surface area contributed by atoms with Crippen LogP contribution < -0.4 is 31.8 Å². The van der Waals surface area contributed by atoms with Crippen LogP contribution in [0.2, 0.25) is 0 Å². The van der Waals surface area contributed by atoms with Crippen molar-refractivity contribution in [2.45, 2.75) is 0 Å². The van der Waals surface area contributed by atoms with Crippen molar-refractivity contribution in [1.29, 1.82) is 0 Å². The summed E-state index contributed by atoms with van der Waals surface area (Å²) in [5.41, 5.74) is -4.84. The topological polar surface area (TPSA) is 0 Å². The van der Waals surface area contributed by atoms with E-state index in [9.17, 15) is 0 Å². The molecule has 0 spiro atoms. The van der Waals surface area contributed by atoms with Crippen LogP contribution >= 0.6 is 11.0 Å². The van der Waals surface area contributed by atoms with Gasteiger partial charge in [-0.1, -0.05) is 0 Å². The number of benzene rings is 6. The monoisotopic (exact) mass is 719 g/mol. The first-order chi connectivity index (χ1) is 19.3. The van der Waals surface area contributed by atoms with Crippen molar-refractivity contribution in [1.82, 2.24) is 0 Å². The Bertz CT molecular complexity index is 1270. The Morgan fingerprint density at radius 3 is 0.538 bits per heavy atom. The zero-order valence-electron chi connectivity index (χ0n) is 21.7. The van der Waals surface area contributed by atoms with Crippen LogP contribution in [0.1, 0.15) is 0 Å². The second kappa shape index (κ2) is 11.9. The molecule has 0 radical (unpaired) electrons. The predicted octanol–water partition coefficient (Wildman–Crippen LogP) is 6.35. The summed E-state index contributed by atoms with van der Waals surface area (Å²) in [4.78, 5) is 0. The van der Waals surface area contributed by atoms with Gasteiger partial charge in [0.15, 0.2) is 0 Å². The van der Waals surface area contributed by atoms with E-state index in [1.165, 1.54) is 31.8 Å². The number of hydrogen-bond donors (Lipinski definition) is 0. The van der Waals surface area contributed by atoms with Crippen molar-refractivity contribution in [3.05, 3.63) is 182 Å². The molecule has 0 atom stereocenters. The third-order valence-corrected chi connectivity index (χ3v) is 44.4. The van der Waals surface area contributed by atoms with E-state index in [2.05, 4.69) is 182 Å². The van der Waals surface area contributed by atoms with Gasteiger partial charge in [-0.15, -0.1) is 0 Å². The van der Waals surface area contributed by atoms with Crippen LogP contribution in [0.3, 0.4) is 0 Å². The fourth-order valence-electron chi connectivity index (χ4n) is 5.44. The average Bonchev–Trinajstić information content (AvgIpc) is 3.04. The Labute approximate surface area is 240 Å². The van der Waals surface area contributed by atoms with Crippen LogP contribution in [-0.4, -0.2) is 0 Å². The van der Waals surface area contributed by atoms with Crippen LogP contribution in [0.5, 0.6) is 0 Å². The summed E-state index contributed by atoms with van der Waals surface area (Å²) >= 11 is -0.688.